The lowest BCUT2D eigenvalue weighted by atomic mass is 10.4. The highest BCUT2D eigenvalue weighted by atomic mass is 127. The van der Waals surface area contributed by atoms with Crippen molar-refractivity contribution < 1.29 is 9.26 Å². The molecule has 1 rings (SSSR count). The van der Waals surface area contributed by atoms with Crippen LogP contribution in [0.3, 0.4) is 0 Å². The topological polar surface area (TPSA) is 87.8 Å². The second kappa shape index (κ2) is 13.5. The number of ether oxygens (including phenoxy) is 1. The maximum Gasteiger partial charge on any atom is 0.248 e. The van der Waals surface area contributed by atoms with E-state index in [2.05, 4.69) is 37.7 Å². The fourth-order valence-corrected chi connectivity index (χ4v) is 1.85. The Morgan fingerprint density at radius 3 is 2.74 bits per heavy atom. The molecule has 1 heterocycles. The van der Waals surface area contributed by atoms with Crippen molar-refractivity contribution in [1.82, 2.24) is 25.7 Å². The maximum atomic E-state index is 5.05. The highest BCUT2D eigenvalue weighted by molar-refractivity contribution is 14.0. The van der Waals surface area contributed by atoms with Gasteiger partial charge in [0.1, 0.15) is 6.54 Å². The van der Waals surface area contributed by atoms with E-state index >= 15 is 0 Å². The van der Waals surface area contributed by atoms with E-state index in [9.17, 15) is 0 Å². The fraction of sp³-hybridized carbons (Fsp3) is 0.786. The standard InChI is InChI=1S/C14H28N6O2.HI/c1-5-15-14(17-11-13-18-12(2)19-22-13)16-7-9-20(3)8-6-10-21-4;/h5-11H2,1-4H3,(H2,15,16,17);1H. The molecule has 0 fully saturated rings. The quantitative estimate of drug-likeness (QED) is 0.243. The van der Waals surface area contributed by atoms with Crippen LogP contribution in [-0.4, -0.2) is 67.9 Å². The number of nitrogens with one attached hydrogen (secondary N) is 2. The van der Waals surface area contributed by atoms with Gasteiger partial charge in [0.2, 0.25) is 5.89 Å². The summed E-state index contributed by atoms with van der Waals surface area (Å²) in [7, 11) is 3.83. The summed E-state index contributed by atoms with van der Waals surface area (Å²) in [5.74, 6) is 1.90. The van der Waals surface area contributed by atoms with E-state index in [1.807, 2.05) is 6.92 Å². The van der Waals surface area contributed by atoms with Gasteiger partial charge in [0.15, 0.2) is 11.8 Å². The zero-order chi connectivity index (χ0) is 16.2. The largest absolute Gasteiger partial charge is 0.385 e. The Hall–Kier alpha value is -0.940. The number of hydrogen-bond donors (Lipinski definition) is 2. The Bertz CT molecular complexity index is 441. The Morgan fingerprint density at radius 1 is 1.35 bits per heavy atom. The minimum atomic E-state index is 0. The van der Waals surface area contributed by atoms with E-state index in [0.29, 0.717) is 18.3 Å². The number of aromatic nitrogens is 2. The van der Waals surface area contributed by atoms with E-state index in [-0.39, 0.29) is 24.0 Å². The van der Waals surface area contributed by atoms with Gasteiger partial charge in [-0.3, -0.25) is 0 Å². The molecule has 8 nitrogen and oxygen atoms in total. The van der Waals surface area contributed by atoms with Crippen LogP contribution < -0.4 is 10.6 Å². The number of aryl methyl sites for hydroxylation is 1. The minimum Gasteiger partial charge on any atom is -0.385 e. The van der Waals surface area contributed by atoms with Gasteiger partial charge in [-0.25, -0.2) is 4.99 Å². The molecule has 0 bridgehead atoms. The molecule has 0 aliphatic heterocycles. The van der Waals surface area contributed by atoms with Crippen LogP contribution in [0.25, 0.3) is 0 Å². The van der Waals surface area contributed by atoms with E-state index in [1.54, 1.807) is 14.0 Å². The van der Waals surface area contributed by atoms with Crippen LogP contribution in [0.2, 0.25) is 0 Å². The fourth-order valence-electron chi connectivity index (χ4n) is 1.85. The molecule has 0 aromatic carbocycles. The number of hydrogen-bond acceptors (Lipinski definition) is 6. The van der Waals surface area contributed by atoms with E-state index in [0.717, 1.165) is 45.2 Å². The average Bonchev–Trinajstić information content (AvgIpc) is 2.91. The smallest absolute Gasteiger partial charge is 0.248 e. The highest BCUT2D eigenvalue weighted by Crippen LogP contribution is 1.97. The van der Waals surface area contributed by atoms with Crippen molar-refractivity contribution >= 4 is 29.9 Å². The SMILES string of the molecule is CCNC(=NCc1nc(C)no1)NCCN(C)CCCOC.I. The summed E-state index contributed by atoms with van der Waals surface area (Å²) in [6.45, 7) is 8.57. The lowest BCUT2D eigenvalue weighted by Gasteiger charge is -2.17. The summed E-state index contributed by atoms with van der Waals surface area (Å²) in [6.07, 6.45) is 1.04. The first kappa shape index (κ1) is 22.1. The summed E-state index contributed by atoms with van der Waals surface area (Å²) in [5.41, 5.74) is 0. The molecular formula is C14H29IN6O2. The zero-order valence-corrected chi connectivity index (χ0v) is 16.8. The van der Waals surface area contributed by atoms with Crippen LogP contribution in [0, 0.1) is 6.92 Å². The summed E-state index contributed by atoms with van der Waals surface area (Å²) >= 11 is 0. The molecule has 0 aliphatic carbocycles. The number of rotatable bonds is 10. The molecule has 134 valence electrons. The van der Waals surface area contributed by atoms with Crippen molar-refractivity contribution in [3.8, 4) is 0 Å². The average molecular weight is 440 g/mol. The monoisotopic (exact) mass is 440 g/mol. The molecule has 0 atom stereocenters. The number of likely N-dealkylation sites (N-methyl/N-ethyl adjacent to an activating group) is 1. The zero-order valence-electron chi connectivity index (χ0n) is 14.5. The van der Waals surface area contributed by atoms with Crippen molar-refractivity contribution in [3.63, 3.8) is 0 Å². The van der Waals surface area contributed by atoms with Crippen LogP contribution in [0.4, 0.5) is 0 Å². The van der Waals surface area contributed by atoms with Crippen LogP contribution >= 0.6 is 24.0 Å². The third-order valence-electron chi connectivity index (χ3n) is 2.96. The van der Waals surface area contributed by atoms with Crippen LogP contribution in [-0.2, 0) is 11.3 Å². The van der Waals surface area contributed by atoms with Crippen molar-refractivity contribution in [3.05, 3.63) is 11.7 Å². The Morgan fingerprint density at radius 2 is 2.13 bits per heavy atom. The second-order valence-corrected chi connectivity index (χ2v) is 5.01. The van der Waals surface area contributed by atoms with Gasteiger partial charge in [0.25, 0.3) is 0 Å². The maximum absolute atomic E-state index is 5.05. The van der Waals surface area contributed by atoms with Crippen molar-refractivity contribution in [2.75, 3.05) is 46.9 Å². The van der Waals surface area contributed by atoms with Crippen LogP contribution in [0.5, 0.6) is 0 Å². The molecule has 9 heteroatoms. The van der Waals surface area contributed by atoms with E-state index < -0.39 is 0 Å². The highest BCUT2D eigenvalue weighted by Gasteiger charge is 2.03. The van der Waals surface area contributed by atoms with Gasteiger partial charge >= 0.3 is 0 Å². The van der Waals surface area contributed by atoms with Gasteiger partial charge in [0, 0.05) is 39.9 Å². The first-order valence-electron chi connectivity index (χ1n) is 7.64. The van der Waals surface area contributed by atoms with Crippen LogP contribution in [0.1, 0.15) is 25.1 Å². The summed E-state index contributed by atoms with van der Waals surface area (Å²) < 4.78 is 10.1. The first-order valence-corrected chi connectivity index (χ1v) is 7.64. The molecule has 0 saturated carbocycles. The number of nitrogens with zero attached hydrogens (tertiary/aromatic N) is 4. The number of aliphatic imine (C=N–C) groups is 1. The Labute approximate surface area is 155 Å². The molecule has 1 aromatic heterocycles. The van der Waals surface area contributed by atoms with Gasteiger partial charge in [-0.15, -0.1) is 24.0 Å². The number of halogens is 1. The minimum absolute atomic E-state index is 0. The van der Waals surface area contributed by atoms with Gasteiger partial charge in [-0.1, -0.05) is 5.16 Å². The van der Waals surface area contributed by atoms with Gasteiger partial charge < -0.3 is 24.8 Å². The van der Waals surface area contributed by atoms with Gasteiger partial charge in [-0.05, 0) is 27.3 Å². The number of guanidine groups is 1. The van der Waals surface area contributed by atoms with Crippen molar-refractivity contribution in [2.24, 2.45) is 4.99 Å². The Kier molecular flexibility index (Phi) is 12.9. The molecule has 0 amide bonds. The summed E-state index contributed by atoms with van der Waals surface area (Å²) in [6, 6.07) is 0. The van der Waals surface area contributed by atoms with Crippen molar-refractivity contribution in [2.45, 2.75) is 26.8 Å². The predicted octanol–water partition coefficient (Wildman–Crippen LogP) is 1.02. The predicted molar refractivity (Wildman–Crippen MR) is 101 cm³/mol. The second-order valence-electron chi connectivity index (χ2n) is 5.01. The van der Waals surface area contributed by atoms with E-state index in [4.69, 9.17) is 9.26 Å². The molecule has 2 N–H and O–H groups in total. The molecule has 1 aromatic rings. The third kappa shape index (κ3) is 10.4. The molecule has 23 heavy (non-hydrogen) atoms. The normalized spacial score (nSPS) is 11.4. The van der Waals surface area contributed by atoms with Gasteiger partial charge in [0.05, 0.1) is 0 Å². The van der Waals surface area contributed by atoms with Crippen molar-refractivity contribution in [1.29, 1.82) is 0 Å². The third-order valence-corrected chi connectivity index (χ3v) is 2.96. The lowest BCUT2D eigenvalue weighted by molar-refractivity contribution is 0.180. The van der Waals surface area contributed by atoms with Gasteiger partial charge in [-0.2, -0.15) is 4.98 Å². The Balaban J connectivity index is 0.00000484. The molecule has 0 saturated heterocycles. The molecule has 0 unspecified atom stereocenters. The lowest BCUT2D eigenvalue weighted by Crippen LogP contribution is -2.41. The number of methoxy groups -OCH3 is 1. The molecule has 0 aliphatic rings. The molecular weight excluding hydrogens is 411 g/mol. The summed E-state index contributed by atoms with van der Waals surface area (Å²) in [5, 5.41) is 10.2. The van der Waals surface area contributed by atoms with E-state index in [1.165, 1.54) is 0 Å². The molecule has 0 spiro atoms. The first-order chi connectivity index (χ1) is 10.7. The van der Waals surface area contributed by atoms with Crippen LogP contribution in [0.15, 0.2) is 9.52 Å². The summed E-state index contributed by atoms with van der Waals surface area (Å²) in [4.78, 5) is 10.8. The molecule has 0 radical (unpaired) electrons.